The molecule has 2 heteroatoms. The Kier molecular flexibility index (Phi) is 3.57. The molecule has 0 amide bonds. The van der Waals surface area contributed by atoms with Crippen LogP contribution in [0, 0.1) is 0 Å². The lowest BCUT2D eigenvalue weighted by molar-refractivity contribution is -0.112. The Morgan fingerprint density at radius 2 is 2.00 bits per heavy atom. The Hall–Kier alpha value is -0.373. The maximum absolute atomic E-state index is 11.2. The molecule has 0 radical (unpaired) electrons. The van der Waals surface area contributed by atoms with Crippen molar-refractivity contribution in [3.8, 4) is 0 Å². The third kappa shape index (κ3) is 3.61. The van der Waals surface area contributed by atoms with Gasteiger partial charge in [-0.15, -0.1) is 6.58 Å². The molecule has 0 N–H and O–H groups in total. The third-order valence-electron chi connectivity index (χ3n) is 1.41. The predicted octanol–water partition coefficient (Wildman–Crippen LogP) is 2.40. The summed E-state index contributed by atoms with van der Waals surface area (Å²) in [5, 5.41) is 0.451. The molecule has 0 fully saturated rings. The van der Waals surface area contributed by atoms with Gasteiger partial charge in [0.15, 0.2) is 0 Å². The molecular formula is C8H16OSi. The average Bonchev–Trinajstić information content (AvgIpc) is 1.80. The highest BCUT2D eigenvalue weighted by Gasteiger charge is 2.22. The lowest BCUT2D eigenvalue weighted by Crippen LogP contribution is -2.32. The van der Waals surface area contributed by atoms with Crippen molar-refractivity contribution in [2.45, 2.75) is 32.5 Å². The summed E-state index contributed by atoms with van der Waals surface area (Å²) in [4.78, 5) is 11.2. The second kappa shape index (κ2) is 3.71. The molecule has 0 spiro atoms. The van der Waals surface area contributed by atoms with Crippen molar-refractivity contribution in [1.29, 1.82) is 0 Å². The minimum absolute atomic E-state index is 0.451. The van der Waals surface area contributed by atoms with Gasteiger partial charge in [0.1, 0.15) is 13.5 Å². The zero-order valence-corrected chi connectivity index (χ0v) is 8.11. The maximum Gasteiger partial charge on any atom is 0.123 e. The smallest absolute Gasteiger partial charge is 0.123 e. The van der Waals surface area contributed by atoms with Crippen LogP contribution in [0.4, 0.5) is 0 Å². The van der Waals surface area contributed by atoms with E-state index >= 15 is 0 Å². The minimum Gasteiger partial charge on any atom is -0.305 e. The second-order valence-electron chi connectivity index (χ2n) is 3.50. The van der Waals surface area contributed by atoms with Crippen molar-refractivity contribution in [2.24, 2.45) is 0 Å². The molecule has 1 nitrogen and oxygen atoms in total. The quantitative estimate of drug-likeness (QED) is 0.451. The van der Waals surface area contributed by atoms with Gasteiger partial charge in [0.05, 0.1) is 0 Å². The summed E-state index contributed by atoms with van der Waals surface area (Å²) in [6.07, 6.45) is 3.33. The first-order chi connectivity index (χ1) is 4.48. The normalized spacial score (nSPS) is 11.1. The minimum atomic E-state index is -1.48. The number of rotatable bonds is 4. The molecule has 0 aliphatic carbocycles. The van der Waals surface area contributed by atoms with Gasteiger partial charge >= 0.3 is 0 Å². The number of allylic oxidation sites excluding steroid dienone is 1. The molecule has 58 valence electrons. The highest BCUT2D eigenvalue weighted by Crippen LogP contribution is 2.06. The fraction of sp³-hybridized carbons (Fsp3) is 0.625. The van der Waals surface area contributed by atoms with Crippen molar-refractivity contribution in [3.05, 3.63) is 12.7 Å². The van der Waals surface area contributed by atoms with E-state index in [-0.39, 0.29) is 0 Å². The Bertz CT molecular complexity index is 133. The van der Waals surface area contributed by atoms with Crippen molar-refractivity contribution >= 4 is 13.5 Å². The summed E-state index contributed by atoms with van der Waals surface area (Å²) in [7, 11) is -1.48. The lowest BCUT2D eigenvalue weighted by atomic mass is 10.3. The molecular weight excluding hydrogens is 140 g/mol. The maximum atomic E-state index is 11.2. The number of hydrogen-bond donors (Lipinski definition) is 0. The molecule has 0 atom stereocenters. The van der Waals surface area contributed by atoms with Gasteiger partial charge in [0, 0.05) is 6.42 Å². The van der Waals surface area contributed by atoms with Crippen LogP contribution >= 0.6 is 0 Å². The van der Waals surface area contributed by atoms with Gasteiger partial charge in [-0.2, -0.15) is 0 Å². The van der Waals surface area contributed by atoms with E-state index in [0.29, 0.717) is 11.8 Å². The van der Waals surface area contributed by atoms with E-state index < -0.39 is 8.07 Å². The molecule has 0 saturated heterocycles. The van der Waals surface area contributed by atoms with E-state index in [0.717, 1.165) is 6.42 Å². The van der Waals surface area contributed by atoms with Gasteiger partial charge in [-0.05, 0) is 6.42 Å². The van der Waals surface area contributed by atoms with Crippen molar-refractivity contribution in [1.82, 2.24) is 0 Å². The predicted molar refractivity (Wildman–Crippen MR) is 47.8 cm³/mol. The van der Waals surface area contributed by atoms with Crippen LogP contribution < -0.4 is 0 Å². The average molecular weight is 156 g/mol. The van der Waals surface area contributed by atoms with E-state index in [9.17, 15) is 4.79 Å². The first kappa shape index (κ1) is 9.63. The van der Waals surface area contributed by atoms with Gasteiger partial charge in [-0.1, -0.05) is 25.7 Å². The number of hydrogen-bond acceptors (Lipinski definition) is 1. The van der Waals surface area contributed by atoms with Crippen LogP contribution in [0.5, 0.6) is 0 Å². The van der Waals surface area contributed by atoms with Crippen LogP contribution in [0.15, 0.2) is 12.7 Å². The Morgan fingerprint density at radius 3 is 2.30 bits per heavy atom. The zero-order valence-electron chi connectivity index (χ0n) is 7.11. The van der Waals surface area contributed by atoms with Crippen LogP contribution in [0.25, 0.3) is 0 Å². The topological polar surface area (TPSA) is 17.1 Å². The van der Waals surface area contributed by atoms with Crippen LogP contribution in [0.2, 0.25) is 19.6 Å². The first-order valence-corrected chi connectivity index (χ1v) is 7.12. The fourth-order valence-corrected chi connectivity index (χ4v) is 1.50. The van der Waals surface area contributed by atoms with Crippen LogP contribution in [-0.4, -0.2) is 13.5 Å². The standard InChI is InChI=1S/C8H16OSi/c1-5-6-7-8(9)10(2,3)4/h5H,1,6-7H2,2-4H3. The second-order valence-corrected chi connectivity index (χ2v) is 8.56. The summed E-state index contributed by atoms with van der Waals surface area (Å²) in [5.74, 6) is 0. The molecule has 0 rings (SSSR count). The molecule has 10 heavy (non-hydrogen) atoms. The fourth-order valence-electron chi connectivity index (χ4n) is 0.608. The molecule has 0 aromatic carbocycles. The van der Waals surface area contributed by atoms with Gasteiger partial charge in [0.25, 0.3) is 0 Å². The van der Waals surface area contributed by atoms with Crippen LogP contribution in [0.1, 0.15) is 12.8 Å². The molecule has 0 aromatic rings. The SMILES string of the molecule is C=CCCC(=O)[Si](C)(C)C. The monoisotopic (exact) mass is 156 g/mol. The summed E-state index contributed by atoms with van der Waals surface area (Å²) in [6.45, 7) is 9.82. The van der Waals surface area contributed by atoms with Crippen molar-refractivity contribution in [3.63, 3.8) is 0 Å². The molecule has 0 aliphatic heterocycles. The molecule has 0 aromatic heterocycles. The zero-order chi connectivity index (χ0) is 8.20. The number of carbonyl (C=O) groups excluding carboxylic acids is 1. The van der Waals surface area contributed by atoms with Gasteiger partial charge in [0.2, 0.25) is 0 Å². The van der Waals surface area contributed by atoms with Gasteiger partial charge < -0.3 is 4.79 Å². The van der Waals surface area contributed by atoms with Crippen LogP contribution in [0.3, 0.4) is 0 Å². The highest BCUT2D eigenvalue weighted by atomic mass is 28.3. The van der Waals surface area contributed by atoms with E-state index in [1.807, 2.05) is 0 Å². The lowest BCUT2D eigenvalue weighted by Gasteiger charge is -2.12. The van der Waals surface area contributed by atoms with Crippen molar-refractivity contribution < 1.29 is 4.79 Å². The summed E-state index contributed by atoms with van der Waals surface area (Å²) in [5.41, 5.74) is 0. The molecule has 0 heterocycles. The molecule has 0 aliphatic rings. The van der Waals surface area contributed by atoms with Gasteiger partial charge in [-0.25, -0.2) is 0 Å². The summed E-state index contributed by atoms with van der Waals surface area (Å²) >= 11 is 0. The third-order valence-corrected chi connectivity index (χ3v) is 3.34. The van der Waals surface area contributed by atoms with E-state index in [2.05, 4.69) is 26.2 Å². The van der Waals surface area contributed by atoms with Crippen LogP contribution in [-0.2, 0) is 4.79 Å². The Labute approximate surface area is 64.1 Å². The largest absolute Gasteiger partial charge is 0.305 e. The summed E-state index contributed by atoms with van der Waals surface area (Å²) in [6, 6.07) is 0. The van der Waals surface area contributed by atoms with E-state index in [1.54, 1.807) is 6.08 Å². The molecule has 0 unspecified atom stereocenters. The van der Waals surface area contributed by atoms with E-state index in [4.69, 9.17) is 0 Å². The first-order valence-electron chi connectivity index (χ1n) is 3.62. The number of carbonyl (C=O) groups is 1. The van der Waals surface area contributed by atoms with Gasteiger partial charge in [-0.3, -0.25) is 0 Å². The summed E-state index contributed by atoms with van der Waals surface area (Å²) < 4.78 is 0. The Balaban J connectivity index is 3.74. The molecule has 0 bridgehead atoms. The molecule has 0 saturated carbocycles. The van der Waals surface area contributed by atoms with Crippen molar-refractivity contribution in [2.75, 3.05) is 0 Å². The highest BCUT2D eigenvalue weighted by molar-refractivity contribution is 7.03. The Morgan fingerprint density at radius 1 is 1.50 bits per heavy atom. The van der Waals surface area contributed by atoms with E-state index in [1.165, 1.54) is 0 Å².